The molecule has 1 fully saturated rings. The molecule has 17 heavy (non-hydrogen) atoms. The molecule has 1 saturated heterocycles. The maximum atomic E-state index is 11.6. The molecular weight excluding hydrogens is 238 g/mol. The summed E-state index contributed by atoms with van der Waals surface area (Å²) in [6.07, 6.45) is 2.30. The first-order valence-corrected chi connectivity index (χ1v) is 6.16. The first-order valence-electron chi connectivity index (χ1n) is 5.78. The predicted octanol–water partition coefficient (Wildman–Crippen LogP) is 2.21. The van der Waals surface area contributed by atoms with Crippen molar-refractivity contribution in [3.63, 3.8) is 0 Å². The normalized spacial score (nSPS) is 19.0. The molecule has 0 aliphatic carbocycles. The van der Waals surface area contributed by atoms with Crippen molar-refractivity contribution < 1.29 is 4.79 Å². The number of hydrogen-bond donors (Lipinski definition) is 3. The Morgan fingerprint density at radius 2 is 2.29 bits per heavy atom. The second-order valence-corrected chi connectivity index (χ2v) is 4.52. The van der Waals surface area contributed by atoms with Gasteiger partial charge in [-0.25, -0.2) is 4.79 Å². The standard InChI is InChI=1S/C12H16ClN3O/c13-10-5-1-2-6-11(10)16-12(17)15-8-9-4-3-7-14-9/h1-2,5-6,9,14H,3-4,7-8H2,(H2,15,16,17). The summed E-state index contributed by atoms with van der Waals surface area (Å²) in [5.41, 5.74) is 0.631. The molecule has 2 amide bonds. The highest BCUT2D eigenvalue weighted by molar-refractivity contribution is 6.33. The molecule has 1 aliphatic heterocycles. The van der Waals surface area contributed by atoms with Gasteiger partial charge in [0.25, 0.3) is 0 Å². The minimum atomic E-state index is -0.216. The molecule has 4 nitrogen and oxygen atoms in total. The first-order chi connectivity index (χ1) is 8.25. The Bertz CT molecular complexity index is 391. The van der Waals surface area contributed by atoms with Gasteiger partial charge in [-0.3, -0.25) is 0 Å². The van der Waals surface area contributed by atoms with Gasteiger partial charge in [0.2, 0.25) is 0 Å². The average molecular weight is 254 g/mol. The molecule has 2 rings (SSSR count). The topological polar surface area (TPSA) is 53.2 Å². The van der Waals surface area contributed by atoms with Crippen molar-refractivity contribution in [3.05, 3.63) is 29.3 Å². The smallest absolute Gasteiger partial charge is 0.319 e. The van der Waals surface area contributed by atoms with Crippen molar-refractivity contribution in [2.75, 3.05) is 18.4 Å². The van der Waals surface area contributed by atoms with E-state index in [2.05, 4.69) is 16.0 Å². The summed E-state index contributed by atoms with van der Waals surface area (Å²) in [6, 6.07) is 7.36. The Labute approximate surface area is 106 Å². The van der Waals surface area contributed by atoms with Crippen LogP contribution in [-0.2, 0) is 0 Å². The number of carbonyl (C=O) groups excluding carboxylic acids is 1. The van der Waals surface area contributed by atoms with Gasteiger partial charge in [-0.05, 0) is 31.5 Å². The fraction of sp³-hybridized carbons (Fsp3) is 0.417. The van der Waals surface area contributed by atoms with Crippen LogP contribution in [0, 0.1) is 0 Å². The molecule has 92 valence electrons. The fourth-order valence-corrected chi connectivity index (χ4v) is 2.06. The Hall–Kier alpha value is -1.26. The van der Waals surface area contributed by atoms with E-state index >= 15 is 0 Å². The highest BCUT2D eigenvalue weighted by atomic mass is 35.5. The summed E-state index contributed by atoms with van der Waals surface area (Å²) >= 11 is 5.94. The van der Waals surface area contributed by atoms with Crippen molar-refractivity contribution in [2.24, 2.45) is 0 Å². The van der Waals surface area contributed by atoms with Crippen LogP contribution in [0.2, 0.25) is 5.02 Å². The van der Waals surface area contributed by atoms with Crippen LogP contribution in [0.25, 0.3) is 0 Å². The van der Waals surface area contributed by atoms with Crippen molar-refractivity contribution in [2.45, 2.75) is 18.9 Å². The molecule has 0 aromatic heterocycles. The zero-order valence-electron chi connectivity index (χ0n) is 9.50. The highest BCUT2D eigenvalue weighted by Gasteiger charge is 2.14. The summed E-state index contributed by atoms with van der Waals surface area (Å²) in [5.74, 6) is 0. The summed E-state index contributed by atoms with van der Waals surface area (Å²) < 4.78 is 0. The number of para-hydroxylation sites is 1. The number of urea groups is 1. The van der Waals surface area contributed by atoms with Gasteiger partial charge < -0.3 is 16.0 Å². The average Bonchev–Trinajstić information content (AvgIpc) is 2.82. The number of rotatable bonds is 3. The number of halogens is 1. The van der Waals surface area contributed by atoms with Gasteiger partial charge in [-0.2, -0.15) is 0 Å². The number of nitrogens with one attached hydrogen (secondary N) is 3. The second-order valence-electron chi connectivity index (χ2n) is 4.11. The second kappa shape index (κ2) is 5.89. The van der Waals surface area contributed by atoms with Crippen LogP contribution in [0.15, 0.2) is 24.3 Å². The molecule has 3 N–H and O–H groups in total. The zero-order chi connectivity index (χ0) is 12.1. The van der Waals surface area contributed by atoms with Crippen molar-refractivity contribution in [1.82, 2.24) is 10.6 Å². The molecular formula is C12H16ClN3O. The molecule has 1 atom stereocenters. The van der Waals surface area contributed by atoms with E-state index in [9.17, 15) is 4.79 Å². The van der Waals surface area contributed by atoms with Crippen LogP contribution in [0.3, 0.4) is 0 Å². The van der Waals surface area contributed by atoms with E-state index in [1.807, 2.05) is 12.1 Å². The molecule has 0 bridgehead atoms. The van der Waals surface area contributed by atoms with Crippen molar-refractivity contribution in [3.8, 4) is 0 Å². The monoisotopic (exact) mass is 253 g/mol. The summed E-state index contributed by atoms with van der Waals surface area (Å²) in [6.45, 7) is 1.69. The minimum absolute atomic E-state index is 0.216. The predicted molar refractivity (Wildman–Crippen MR) is 69.5 cm³/mol. The summed E-state index contributed by atoms with van der Waals surface area (Å²) in [4.78, 5) is 11.6. The molecule has 0 spiro atoms. The largest absolute Gasteiger partial charge is 0.336 e. The van der Waals surface area contributed by atoms with E-state index in [1.165, 1.54) is 6.42 Å². The zero-order valence-corrected chi connectivity index (χ0v) is 10.3. The van der Waals surface area contributed by atoms with Gasteiger partial charge in [-0.1, -0.05) is 23.7 Å². The van der Waals surface area contributed by atoms with Gasteiger partial charge in [0.1, 0.15) is 0 Å². The van der Waals surface area contributed by atoms with E-state index in [-0.39, 0.29) is 6.03 Å². The van der Waals surface area contributed by atoms with Gasteiger partial charge in [0.15, 0.2) is 0 Å². The Morgan fingerprint density at radius 1 is 1.47 bits per heavy atom. The van der Waals surface area contributed by atoms with Crippen LogP contribution < -0.4 is 16.0 Å². The van der Waals surface area contributed by atoms with Crippen LogP contribution >= 0.6 is 11.6 Å². The minimum Gasteiger partial charge on any atom is -0.336 e. The molecule has 5 heteroatoms. The van der Waals surface area contributed by atoms with Crippen LogP contribution in [0.4, 0.5) is 10.5 Å². The van der Waals surface area contributed by atoms with Gasteiger partial charge >= 0.3 is 6.03 Å². The van der Waals surface area contributed by atoms with Crippen molar-refractivity contribution >= 4 is 23.3 Å². The molecule has 1 unspecified atom stereocenters. The lowest BCUT2D eigenvalue weighted by Gasteiger charge is -2.12. The Kier molecular flexibility index (Phi) is 4.23. The third-order valence-electron chi connectivity index (χ3n) is 2.79. The van der Waals surface area contributed by atoms with E-state index in [0.717, 1.165) is 13.0 Å². The first kappa shape index (κ1) is 12.2. The third kappa shape index (κ3) is 3.61. The summed E-state index contributed by atoms with van der Waals surface area (Å²) in [5, 5.41) is 9.42. The fourth-order valence-electron chi connectivity index (χ4n) is 1.88. The number of amides is 2. The van der Waals surface area contributed by atoms with Crippen LogP contribution in [-0.4, -0.2) is 25.2 Å². The SMILES string of the molecule is O=C(NCC1CCCN1)Nc1ccccc1Cl. The molecule has 1 aromatic rings. The lowest BCUT2D eigenvalue weighted by atomic mass is 10.2. The molecule has 1 aromatic carbocycles. The van der Waals surface area contributed by atoms with Gasteiger partial charge in [0.05, 0.1) is 10.7 Å². The molecule has 0 radical (unpaired) electrons. The van der Waals surface area contributed by atoms with E-state index in [1.54, 1.807) is 12.1 Å². The van der Waals surface area contributed by atoms with Crippen molar-refractivity contribution in [1.29, 1.82) is 0 Å². The summed E-state index contributed by atoms with van der Waals surface area (Å²) in [7, 11) is 0. The molecule has 0 saturated carbocycles. The number of carbonyl (C=O) groups is 1. The lowest BCUT2D eigenvalue weighted by molar-refractivity contribution is 0.251. The Balaban J connectivity index is 1.79. The number of hydrogen-bond acceptors (Lipinski definition) is 2. The third-order valence-corrected chi connectivity index (χ3v) is 3.12. The van der Waals surface area contributed by atoms with Crippen LogP contribution in [0.1, 0.15) is 12.8 Å². The van der Waals surface area contributed by atoms with E-state index < -0.39 is 0 Å². The van der Waals surface area contributed by atoms with E-state index in [4.69, 9.17) is 11.6 Å². The maximum absolute atomic E-state index is 11.6. The molecule has 1 heterocycles. The highest BCUT2D eigenvalue weighted by Crippen LogP contribution is 2.19. The number of anilines is 1. The maximum Gasteiger partial charge on any atom is 0.319 e. The van der Waals surface area contributed by atoms with Crippen LogP contribution in [0.5, 0.6) is 0 Å². The quantitative estimate of drug-likeness (QED) is 0.774. The lowest BCUT2D eigenvalue weighted by Crippen LogP contribution is -2.39. The van der Waals surface area contributed by atoms with Gasteiger partial charge in [-0.15, -0.1) is 0 Å². The Morgan fingerprint density at radius 3 is 3.00 bits per heavy atom. The van der Waals surface area contributed by atoms with E-state index in [0.29, 0.717) is 23.3 Å². The molecule has 1 aliphatic rings. The van der Waals surface area contributed by atoms with Gasteiger partial charge in [0, 0.05) is 12.6 Å². The number of benzene rings is 1.